The quantitative estimate of drug-likeness (QED) is 0.318. The molecule has 0 spiro atoms. The fraction of sp³-hybridized carbons (Fsp3) is 0.261. The number of nitrogens with one attached hydrogen (secondary N) is 4. The summed E-state index contributed by atoms with van der Waals surface area (Å²) >= 11 is 5.37. The van der Waals surface area contributed by atoms with Gasteiger partial charge >= 0.3 is 5.97 Å². The Morgan fingerprint density at radius 2 is 1.87 bits per heavy atom. The topological polar surface area (TPSA) is 95.2 Å². The van der Waals surface area contributed by atoms with Gasteiger partial charge in [-0.3, -0.25) is 4.79 Å². The molecule has 1 aromatic heterocycles. The molecular formula is C23H26N4O3S. The maximum Gasteiger partial charge on any atom is 0.355 e. The van der Waals surface area contributed by atoms with E-state index < -0.39 is 0 Å². The van der Waals surface area contributed by atoms with E-state index in [0.717, 1.165) is 27.7 Å². The van der Waals surface area contributed by atoms with Gasteiger partial charge in [0.05, 0.1) is 6.61 Å². The highest BCUT2D eigenvalue weighted by Crippen LogP contribution is 2.25. The van der Waals surface area contributed by atoms with Crippen molar-refractivity contribution in [2.45, 2.75) is 26.8 Å². The number of hydrogen-bond donors (Lipinski definition) is 4. The molecule has 1 amide bonds. The third-order valence-electron chi connectivity index (χ3n) is 4.68. The average molecular weight is 439 g/mol. The van der Waals surface area contributed by atoms with E-state index in [0.29, 0.717) is 36.9 Å². The molecule has 0 saturated carbocycles. The number of benzene rings is 2. The number of carbonyl (C=O) groups is 2. The third-order valence-corrected chi connectivity index (χ3v) is 4.93. The largest absolute Gasteiger partial charge is 0.461 e. The van der Waals surface area contributed by atoms with Crippen molar-refractivity contribution in [1.29, 1.82) is 0 Å². The number of amides is 1. The van der Waals surface area contributed by atoms with Crippen molar-refractivity contribution in [1.82, 2.24) is 15.6 Å². The molecule has 1 heterocycles. The van der Waals surface area contributed by atoms with Crippen LogP contribution in [0.3, 0.4) is 0 Å². The normalized spacial score (nSPS) is 10.5. The second-order valence-electron chi connectivity index (χ2n) is 6.99. The van der Waals surface area contributed by atoms with Crippen LogP contribution in [0.25, 0.3) is 10.9 Å². The summed E-state index contributed by atoms with van der Waals surface area (Å²) in [5, 5.41) is 10.6. The monoisotopic (exact) mass is 438 g/mol. The first kappa shape index (κ1) is 22.3. The molecule has 0 saturated heterocycles. The van der Waals surface area contributed by atoms with E-state index in [1.54, 1.807) is 6.92 Å². The summed E-state index contributed by atoms with van der Waals surface area (Å²) < 4.78 is 5.23. The summed E-state index contributed by atoms with van der Waals surface area (Å²) in [6, 6.07) is 15.5. The van der Waals surface area contributed by atoms with E-state index in [1.165, 1.54) is 6.92 Å². The van der Waals surface area contributed by atoms with Crippen LogP contribution in [0, 0.1) is 0 Å². The summed E-state index contributed by atoms with van der Waals surface area (Å²) in [4.78, 5) is 26.9. The van der Waals surface area contributed by atoms with Crippen molar-refractivity contribution in [3.05, 3.63) is 65.4 Å². The molecule has 0 aliphatic carbocycles. The molecule has 162 valence electrons. The average Bonchev–Trinajstić information content (AvgIpc) is 3.11. The van der Waals surface area contributed by atoms with Crippen LogP contribution in [0.5, 0.6) is 0 Å². The Morgan fingerprint density at radius 1 is 1.10 bits per heavy atom. The van der Waals surface area contributed by atoms with E-state index in [4.69, 9.17) is 17.0 Å². The highest BCUT2D eigenvalue weighted by molar-refractivity contribution is 7.80. The van der Waals surface area contributed by atoms with Crippen LogP contribution < -0.4 is 16.0 Å². The number of H-pyrrole nitrogens is 1. The fourth-order valence-electron chi connectivity index (χ4n) is 3.27. The number of esters is 1. The second kappa shape index (κ2) is 10.6. The number of para-hydroxylation sites is 1. The lowest BCUT2D eigenvalue weighted by molar-refractivity contribution is -0.119. The van der Waals surface area contributed by atoms with Crippen molar-refractivity contribution in [2.24, 2.45) is 0 Å². The lowest BCUT2D eigenvalue weighted by Crippen LogP contribution is -2.30. The summed E-state index contributed by atoms with van der Waals surface area (Å²) in [7, 11) is 0. The standard InChI is InChI=1S/C23H26N4O3S/c1-3-30-22(29)21-18(11-12-24-23(31)26-17-7-5-4-6-8-17)19-13-16(14-25-15(2)28)9-10-20(19)27-21/h4-10,13,27H,3,11-12,14H2,1-2H3,(H,25,28)(H2,24,26,31). The van der Waals surface area contributed by atoms with Gasteiger partial charge in [-0.2, -0.15) is 0 Å². The SMILES string of the molecule is CCOC(=O)c1[nH]c2ccc(CNC(C)=O)cc2c1CCNC(=S)Nc1ccccc1. The highest BCUT2D eigenvalue weighted by Gasteiger charge is 2.19. The number of fused-ring (bicyclic) bond motifs is 1. The van der Waals surface area contributed by atoms with Gasteiger partial charge in [0.25, 0.3) is 0 Å². The zero-order valence-corrected chi connectivity index (χ0v) is 18.4. The lowest BCUT2D eigenvalue weighted by atomic mass is 10.0. The Kier molecular flexibility index (Phi) is 7.61. The number of aromatic nitrogens is 1. The molecule has 2 aromatic carbocycles. The minimum atomic E-state index is -0.387. The Hall–Kier alpha value is -3.39. The van der Waals surface area contributed by atoms with E-state index >= 15 is 0 Å². The molecule has 8 heteroatoms. The molecular weight excluding hydrogens is 412 g/mol. The molecule has 4 N–H and O–H groups in total. The Labute approximate surface area is 186 Å². The van der Waals surface area contributed by atoms with E-state index in [1.807, 2.05) is 48.5 Å². The summed E-state index contributed by atoms with van der Waals surface area (Å²) in [6.07, 6.45) is 0.564. The van der Waals surface area contributed by atoms with E-state index in [9.17, 15) is 9.59 Å². The van der Waals surface area contributed by atoms with Gasteiger partial charge in [0.2, 0.25) is 5.91 Å². The highest BCUT2D eigenvalue weighted by atomic mass is 32.1. The molecule has 3 rings (SSSR count). The summed E-state index contributed by atoms with van der Waals surface area (Å²) in [5.74, 6) is -0.479. The van der Waals surface area contributed by atoms with Gasteiger partial charge in [0, 0.05) is 36.6 Å². The van der Waals surface area contributed by atoms with Gasteiger partial charge in [-0.25, -0.2) is 4.79 Å². The molecule has 0 aliphatic rings. The van der Waals surface area contributed by atoms with Gasteiger partial charge in [-0.15, -0.1) is 0 Å². The molecule has 0 radical (unpaired) electrons. The number of hydrogen-bond acceptors (Lipinski definition) is 4. The second-order valence-corrected chi connectivity index (χ2v) is 7.39. The zero-order chi connectivity index (χ0) is 22.2. The molecule has 31 heavy (non-hydrogen) atoms. The lowest BCUT2D eigenvalue weighted by Gasteiger charge is -2.11. The third kappa shape index (κ3) is 6.05. The van der Waals surface area contributed by atoms with Crippen LogP contribution in [0.1, 0.15) is 35.5 Å². The number of aromatic amines is 1. The summed E-state index contributed by atoms with van der Waals surface area (Å²) in [6.45, 7) is 4.52. The smallest absolute Gasteiger partial charge is 0.355 e. The molecule has 3 aromatic rings. The van der Waals surface area contributed by atoms with Crippen molar-refractivity contribution >= 4 is 45.8 Å². The van der Waals surface area contributed by atoms with Crippen LogP contribution in [-0.2, 0) is 22.5 Å². The minimum Gasteiger partial charge on any atom is -0.461 e. The zero-order valence-electron chi connectivity index (χ0n) is 17.6. The van der Waals surface area contributed by atoms with Gasteiger partial charge < -0.3 is 25.7 Å². The van der Waals surface area contributed by atoms with Crippen LogP contribution in [0.4, 0.5) is 5.69 Å². The van der Waals surface area contributed by atoms with E-state index in [2.05, 4.69) is 20.9 Å². The first-order chi connectivity index (χ1) is 15.0. The maximum absolute atomic E-state index is 12.5. The van der Waals surface area contributed by atoms with Crippen LogP contribution in [-0.4, -0.2) is 35.1 Å². The molecule has 0 aliphatic heterocycles. The predicted molar refractivity (Wildman–Crippen MR) is 126 cm³/mol. The fourth-order valence-corrected chi connectivity index (χ4v) is 3.49. The van der Waals surface area contributed by atoms with Gasteiger partial charge in [0.15, 0.2) is 5.11 Å². The van der Waals surface area contributed by atoms with Crippen molar-refractivity contribution < 1.29 is 14.3 Å². The van der Waals surface area contributed by atoms with Crippen molar-refractivity contribution in [3.63, 3.8) is 0 Å². The first-order valence-corrected chi connectivity index (χ1v) is 10.5. The molecule has 7 nitrogen and oxygen atoms in total. The Morgan fingerprint density at radius 3 is 2.58 bits per heavy atom. The first-order valence-electron chi connectivity index (χ1n) is 10.1. The van der Waals surface area contributed by atoms with Gasteiger partial charge in [-0.05, 0) is 61.0 Å². The molecule has 0 unspecified atom stereocenters. The molecule has 0 fully saturated rings. The van der Waals surface area contributed by atoms with Gasteiger partial charge in [-0.1, -0.05) is 24.3 Å². The van der Waals surface area contributed by atoms with Crippen LogP contribution in [0.2, 0.25) is 0 Å². The van der Waals surface area contributed by atoms with Crippen LogP contribution in [0.15, 0.2) is 48.5 Å². The van der Waals surface area contributed by atoms with E-state index in [-0.39, 0.29) is 11.9 Å². The predicted octanol–water partition coefficient (Wildman–Crippen LogP) is 3.51. The van der Waals surface area contributed by atoms with Crippen LogP contribution >= 0.6 is 12.2 Å². The molecule has 0 atom stereocenters. The number of ether oxygens (including phenoxy) is 1. The number of anilines is 1. The number of rotatable bonds is 8. The number of carbonyl (C=O) groups excluding carboxylic acids is 2. The summed E-state index contributed by atoms with van der Waals surface area (Å²) in [5.41, 5.74) is 3.99. The Bertz CT molecular complexity index is 1080. The molecule has 0 bridgehead atoms. The van der Waals surface area contributed by atoms with Gasteiger partial charge in [0.1, 0.15) is 5.69 Å². The van der Waals surface area contributed by atoms with Crippen molar-refractivity contribution in [2.75, 3.05) is 18.5 Å². The maximum atomic E-state index is 12.5. The Balaban J connectivity index is 1.77. The minimum absolute atomic E-state index is 0.0924. The van der Waals surface area contributed by atoms with Crippen molar-refractivity contribution in [3.8, 4) is 0 Å². The number of thiocarbonyl (C=S) groups is 1.